The summed E-state index contributed by atoms with van der Waals surface area (Å²) in [5.41, 5.74) is 0.01000. The highest BCUT2D eigenvalue weighted by molar-refractivity contribution is 8.14. The number of benzene rings is 1. The molecule has 1 aliphatic carbocycles. The van der Waals surface area contributed by atoms with E-state index in [1.165, 1.54) is 25.3 Å². The van der Waals surface area contributed by atoms with Gasteiger partial charge in [0.05, 0.1) is 11.7 Å². The summed E-state index contributed by atoms with van der Waals surface area (Å²) >= 11 is 1.68. The van der Waals surface area contributed by atoms with Crippen molar-refractivity contribution in [3.63, 3.8) is 0 Å². The average molecular weight is 404 g/mol. The van der Waals surface area contributed by atoms with Crippen LogP contribution in [0.4, 0.5) is 14.5 Å². The number of carbonyl (C=O) groups is 1. The van der Waals surface area contributed by atoms with Crippen molar-refractivity contribution in [1.82, 2.24) is 4.90 Å². The summed E-state index contributed by atoms with van der Waals surface area (Å²) in [6, 6.07) is 3.58. The van der Waals surface area contributed by atoms with Crippen molar-refractivity contribution in [3.8, 4) is 0 Å². The Balaban J connectivity index is 0.00000243. The Morgan fingerprint density at radius 2 is 2.04 bits per heavy atom. The van der Waals surface area contributed by atoms with E-state index in [9.17, 15) is 13.6 Å². The van der Waals surface area contributed by atoms with Gasteiger partial charge in [0, 0.05) is 31.3 Å². The molecule has 0 bridgehead atoms. The highest BCUT2D eigenvalue weighted by atomic mass is 35.5. The van der Waals surface area contributed by atoms with Crippen LogP contribution in [0.5, 0.6) is 0 Å². The fraction of sp³-hybridized carbons (Fsp3) is 0.556. The topological polar surface area (TPSA) is 44.7 Å². The molecule has 0 spiro atoms. The normalized spacial score (nSPS) is 22.3. The van der Waals surface area contributed by atoms with Crippen molar-refractivity contribution in [1.29, 1.82) is 0 Å². The van der Waals surface area contributed by atoms with E-state index < -0.39 is 11.6 Å². The second kappa shape index (κ2) is 9.55. The number of hydrogen-bond acceptors (Lipinski definition) is 3. The maximum atomic E-state index is 13.6. The molecule has 1 saturated carbocycles. The van der Waals surface area contributed by atoms with Gasteiger partial charge < -0.3 is 10.2 Å². The molecule has 26 heavy (non-hydrogen) atoms. The smallest absolute Gasteiger partial charge is 0.226 e. The highest BCUT2D eigenvalue weighted by Gasteiger charge is 2.30. The van der Waals surface area contributed by atoms with Crippen LogP contribution >= 0.6 is 24.2 Å². The molecule has 3 rings (SSSR count). The molecule has 4 nitrogen and oxygen atoms in total. The molecule has 2 aliphatic rings. The summed E-state index contributed by atoms with van der Waals surface area (Å²) in [7, 11) is 1.96. The van der Waals surface area contributed by atoms with Crippen LogP contribution < -0.4 is 5.32 Å². The van der Waals surface area contributed by atoms with Gasteiger partial charge in [-0.05, 0) is 25.0 Å². The Bertz CT molecular complexity index is 668. The number of nitrogens with zero attached hydrogens (tertiary/aromatic N) is 2. The number of anilines is 1. The Kier molecular flexibility index (Phi) is 7.70. The number of thioether (sulfide) groups is 1. The largest absolute Gasteiger partial charge is 0.350 e. The van der Waals surface area contributed by atoms with Crippen LogP contribution in [0, 0.1) is 11.6 Å². The molecule has 1 aromatic rings. The maximum Gasteiger partial charge on any atom is 0.226 e. The highest BCUT2D eigenvalue weighted by Crippen LogP contribution is 2.28. The minimum Gasteiger partial charge on any atom is -0.350 e. The first-order valence-electron chi connectivity index (χ1n) is 8.71. The minimum absolute atomic E-state index is 0. The quantitative estimate of drug-likeness (QED) is 0.807. The third-order valence-electron chi connectivity index (χ3n) is 4.75. The fourth-order valence-electron chi connectivity index (χ4n) is 3.24. The number of amides is 1. The van der Waals surface area contributed by atoms with E-state index >= 15 is 0 Å². The van der Waals surface area contributed by atoms with E-state index in [4.69, 9.17) is 4.99 Å². The number of amidine groups is 1. The number of carbonyl (C=O) groups excluding carboxylic acids is 1. The first kappa shape index (κ1) is 21.0. The van der Waals surface area contributed by atoms with Crippen molar-refractivity contribution in [2.45, 2.75) is 50.6 Å². The first-order valence-corrected chi connectivity index (χ1v) is 9.70. The van der Waals surface area contributed by atoms with Crippen LogP contribution in [0.2, 0.25) is 0 Å². The molecule has 0 radical (unpaired) electrons. The number of aliphatic imine (C=N–C) groups is 1. The summed E-state index contributed by atoms with van der Waals surface area (Å²) in [5.74, 6) is -0.906. The zero-order chi connectivity index (χ0) is 17.8. The van der Waals surface area contributed by atoms with Gasteiger partial charge in [-0.3, -0.25) is 9.79 Å². The van der Waals surface area contributed by atoms with Crippen molar-refractivity contribution >= 4 is 40.9 Å². The van der Waals surface area contributed by atoms with Crippen molar-refractivity contribution in [2.24, 2.45) is 4.99 Å². The summed E-state index contributed by atoms with van der Waals surface area (Å²) in [6.45, 7) is 0. The molecule has 1 amide bonds. The van der Waals surface area contributed by atoms with Gasteiger partial charge in [-0.1, -0.05) is 31.0 Å². The second-order valence-corrected chi connectivity index (χ2v) is 7.64. The molecule has 1 aliphatic heterocycles. The van der Waals surface area contributed by atoms with Crippen LogP contribution in [0.1, 0.15) is 38.5 Å². The lowest BCUT2D eigenvalue weighted by Gasteiger charge is -2.23. The molecular weight excluding hydrogens is 380 g/mol. The summed E-state index contributed by atoms with van der Waals surface area (Å²) in [5, 5.41) is 3.52. The molecule has 1 aromatic carbocycles. The van der Waals surface area contributed by atoms with Crippen LogP contribution in [-0.4, -0.2) is 40.9 Å². The van der Waals surface area contributed by atoms with Gasteiger partial charge in [-0.15, -0.1) is 12.4 Å². The van der Waals surface area contributed by atoms with Crippen LogP contribution in [0.15, 0.2) is 23.2 Å². The van der Waals surface area contributed by atoms with E-state index in [-0.39, 0.29) is 36.5 Å². The lowest BCUT2D eigenvalue weighted by Crippen LogP contribution is -2.34. The molecule has 1 saturated heterocycles. The number of hydrogen-bond donors (Lipinski definition) is 1. The number of rotatable bonds is 4. The van der Waals surface area contributed by atoms with Crippen molar-refractivity contribution in [3.05, 3.63) is 29.8 Å². The average Bonchev–Trinajstić information content (AvgIpc) is 2.92. The van der Waals surface area contributed by atoms with Gasteiger partial charge in [0.2, 0.25) is 5.91 Å². The molecule has 0 aromatic heterocycles. The first-order chi connectivity index (χ1) is 12.0. The summed E-state index contributed by atoms with van der Waals surface area (Å²) in [4.78, 5) is 19.1. The van der Waals surface area contributed by atoms with Gasteiger partial charge in [-0.25, -0.2) is 8.78 Å². The van der Waals surface area contributed by atoms with Crippen molar-refractivity contribution < 1.29 is 13.6 Å². The Hall–Kier alpha value is -1.34. The monoisotopic (exact) mass is 403 g/mol. The lowest BCUT2D eigenvalue weighted by atomic mass is 9.96. The summed E-state index contributed by atoms with van der Waals surface area (Å²) < 4.78 is 26.6. The standard InChI is InChI=1S/C18H23F2N3OS.ClH/c1-23-14(11-25-18(23)21-13-5-3-2-4-6-13)10-17(24)22-16-8-7-12(19)9-15(16)20;/h7-9,13-14H,2-6,10-11H2,1H3,(H,22,24);1H. The Morgan fingerprint density at radius 3 is 2.73 bits per heavy atom. The number of halogens is 3. The molecule has 1 atom stereocenters. The second-order valence-electron chi connectivity index (χ2n) is 6.66. The van der Waals surface area contributed by atoms with Crippen LogP contribution in [0.3, 0.4) is 0 Å². The third-order valence-corrected chi connectivity index (χ3v) is 5.95. The summed E-state index contributed by atoms with van der Waals surface area (Å²) in [6.07, 6.45) is 6.33. The fourth-order valence-corrected chi connectivity index (χ4v) is 4.50. The van der Waals surface area contributed by atoms with Gasteiger partial charge in [0.25, 0.3) is 0 Å². The van der Waals surface area contributed by atoms with Gasteiger partial charge in [-0.2, -0.15) is 0 Å². The molecule has 1 unspecified atom stereocenters. The zero-order valence-electron chi connectivity index (χ0n) is 14.7. The van der Waals surface area contributed by atoms with Crippen LogP contribution in [-0.2, 0) is 4.79 Å². The zero-order valence-corrected chi connectivity index (χ0v) is 16.3. The molecule has 2 fully saturated rings. The molecule has 1 N–H and O–H groups in total. The molecule has 144 valence electrons. The minimum atomic E-state index is -0.762. The van der Waals surface area contributed by atoms with E-state index in [1.54, 1.807) is 11.8 Å². The van der Waals surface area contributed by atoms with E-state index in [0.717, 1.165) is 35.9 Å². The van der Waals surface area contributed by atoms with Gasteiger partial charge >= 0.3 is 0 Å². The molecule has 1 heterocycles. The predicted octanol–water partition coefficient (Wildman–Crippen LogP) is 4.45. The maximum absolute atomic E-state index is 13.6. The molecular formula is C18H24ClF2N3OS. The SMILES string of the molecule is CN1C(=NC2CCCCC2)SCC1CC(=O)Nc1ccc(F)cc1F.Cl. The van der Waals surface area contributed by atoms with Crippen LogP contribution in [0.25, 0.3) is 0 Å². The van der Waals surface area contributed by atoms with E-state index in [1.807, 2.05) is 7.05 Å². The van der Waals surface area contributed by atoms with Gasteiger partial charge in [0.15, 0.2) is 5.17 Å². The molecule has 8 heteroatoms. The predicted molar refractivity (Wildman–Crippen MR) is 105 cm³/mol. The van der Waals surface area contributed by atoms with E-state index in [2.05, 4.69) is 10.2 Å². The Labute approximate surface area is 163 Å². The number of nitrogens with one attached hydrogen (secondary N) is 1. The van der Waals surface area contributed by atoms with Gasteiger partial charge in [0.1, 0.15) is 11.6 Å². The Morgan fingerprint density at radius 1 is 1.31 bits per heavy atom. The third kappa shape index (κ3) is 5.33. The van der Waals surface area contributed by atoms with E-state index in [0.29, 0.717) is 6.04 Å². The van der Waals surface area contributed by atoms with Crippen molar-refractivity contribution in [2.75, 3.05) is 18.1 Å². The lowest BCUT2D eigenvalue weighted by molar-refractivity contribution is -0.116.